The monoisotopic (exact) mass is 279 g/mol. The molecule has 0 unspecified atom stereocenters. The van der Waals surface area contributed by atoms with E-state index >= 15 is 0 Å². The van der Waals surface area contributed by atoms with Crippen molar-refractivity contribution in [3.63, 3.8) is 0 Å². The summed E-state index contributed by atoms with van der Waals surface area (Å²) in [5, 5.41) is 0. The summed E-state index contributed by atoms with van der Waals surface area (Å²) in [4.78, 5) is 2.52. The molecule has 0 N–H and O–H groups in total. The van der Waals surface area contributed by atoms with E-state index in [-0.39, 0.29) is 5.41 Å². The molecule has 3 heterocycles. The maximum atomic E-state index is 6.04. The minimum absolute atomic E-state index is 0.191. The Hall–Kier alpha value is -0.840. The highest BCUT2D eigenvalue weighted by atomic mass is 16.5. The third kappa shape index (κ3) is 2.92. The van der Waals surface area contributed by atoms with E-state index in [4.69, 9.17) is 13.9 Å². The van der Waals surface area contributed by atoms with Gasteiger partial charge in [0.2, 0.25) is 0 Å². The first-order chi connectivity index (χ1) is 9.82. The Morgan fingerprint density at radius 3 is 3.25 bits per heavy atom. The summed E-state index contributed by atoms with van der Waals surface area (Å²) in [6, 6.07) is 2.05. The van der Waals surface area contributed by atoms with Gasteiger partial charge in [-0.1, -0.05) is 0 Å². The number of furan rings is 1. The molecule has 3 rings (SSSR count). The molecule has 4 heteroatoms. The van der Waals surface area contributed by atoms with Crippen molar-refractivity contribution in [3.05, 3.63) is 24.2 Å². The van der Waals surface area contributed by atoms with Crippen LogP contribution in [0.15, 0.2) is 23.0 Å². The summed E-state index contributed by atoms with van der Waals surface area (Å²) >= 11 is 0. The molecule has 112 valence electrons. The minimum atomic E-state index is 0.191. The van der Waals surface area contributed by atoms with Gasteiger partial charge in [0.1, 0.15) is 0 Å². The molecule has 2 fully saturated rings. The third-order valence-electron chi connectivity index (χ3n) is 4.65. The first-order valence-corrected chi connectivity index (χ1v) is 7.75. The average molecular weight is 279 g/mol. The summed E-state index contributed by atoms with van der Waals surface area (Å²) < 4.78 is 17.0. The molecular formula is C16H25NO3. The van der Waals surface area contributed by atoms with E-state index in [0.717, 1.165) is 52.3 Å². The van der Waals surface area contributed by atoms with Gasteiger partial charge in [-0.2, -0.15) is 0 Å². The van der Waals surface area contributed by atoms with Crippen LogP contribution >= 0.6 is 0 Å². The van der Waals surface area contributed by atoms with E-state index in [1.54, 1.807) is 6.26 Å². The van der Waals surface area contributed by atoms with E-state index in [1.165, 1.54) is 12.0 Å². The summed E-state index contributed by atoms with van der Waals surface area (Å²) in [6.07, 6.45) is 7.47. The van der Waals surface area contributed by atoms with Gasteiger partial charge < -0.3 is 13.9 Å². The summed E-state index contributed by atoms with van der Waals surface area (Å²) in [5.74, 6) is 0. The Morgan fingerprint density at radius 1 is 1.50 bits per heavy atom. The molecule has 0 aliphatic carbocycles. The van der Waals surface area contributed by atoms with E-state index in [1.807, 2.05) is 6.26 Å². The van der Waals surface area contributed by atoms with Crippen molar-refractivity contribution >= 4 is 0 Å². The Bertz CT molecular complexity index is 406. The second kappa shape index (κ2) is 6.29. The average Bonchev–Trinajstić information content (AvgIpc) is 2.98. The van der Waals surface area contributed by atoms with Crippen molar-refractivity contribution in [3.8, 4) is 0 Å². The predicted octanol–water partition coefficient (Wildman–Crippen LogP) is 2.69. The van der Waals surface area contributed by atoms with Crippen molar-refractivity contribution in [1.82, 2.24) is 4.90 Å². The lowest BCUT2D eigenvalue weighted by Gasteiger charge is -2.50. The van der Waals surface area contributed by atoms with Crippen LogP contribution in [0.2, 0.25) is 0 Å². The van der Waals surface area contributed by atoms with Gasteiger partial charge >= 0.3 is 0 Å². The molecular weight excluding hydrogens is 254 g/mol. The summed E-state index contributed by atoms with van der Waals surface area (Å²) in [6.45, 7) is 7.75. The number of likely N-dealkylation sites (tertiary alicyclic amines) is 1. The fourth-order valence-electron chi connectivity index (χ4n) is 3.67. The molecule has 2 aliphatic rings. The number of fused-ring (bicyclic) bond motifs is 1. The molecule has 4 nitrogen and oxygen atoms in total. The quantitative estimate of drug-likeness (QED) is 0.830. The molecule has 0 amide bonds. The smallest absolute Gasteiger partial charge is 0.0947 e. The number of hydrogen-bond acceptors (Lipinski definition) is 4. The second-order valence-electron chi connectivity index (χ2n) is 6.09. The number of nitrogens with zero attached hydrogens (tertiary/aromatic N) is 1. The predicted molar refractivity (Wildman–Crippen MR) is 76.5 cm³/mol. The molecule has 0 spiro atoms. The largest absolute Gasteiger partial charge is 0.472 e. The number of ether oxygens (including phenoxy) is 2. The van der Waals surface area contributed by atoms with Crippen molar-refractivity contribution < 1.29 is 13.9 Å². The Labute approximate surface area is 121 Å². The van der Waals surface area contributed by atoms with Crippen molar-refractivity contribution in [2.75, 3.05) is 32.9 Å². The number of rotatable bonds is 5. The molecule has 1 aromatic rings. The zero-order chi connectivity index (χ0) is 13.8. The van der Waals surface area contributed by atoms with Crippen LogP contribution in [-0.4, -0.2) is 43.9 Å². The molecule has 0 bridgehead atoms. The zero-order valence-corrected chi connectivity index (χ0v) is 12.3. The highest BCUT2D eigenvalue weighted by Gasteiger charge is 2.45. The third-order valence-corrected chi connectivity index (χ3v) is 4.65. The standard InChI is InChI=1S/C16H25NO3/c1-2-18-13-16-6-3-8-20-15(16)4-7-17(12-16)10-14-5-9-19-11-14/h5,9,11,15H,2-4,6-8,10,12-13H2,1H3/t15-,16-/m0/s1. The zero-order valence-electron chi connectivity index (χ0n) is 12.3. The van der Waals surface area contributed by atoms with Crippen molar-refractivity contribution in [2.24, 2.45) is 5.41 Å². The van der Waals surface area contributed by atoms with Gasteiger partial charge in [-0.3, -0.25) is 4.90 Å². The van der Waals surface area contributed by atoms with Crippen molar-refractivity contribution in [2.45, 2.75) is 38.8 Å². The van der Waals surface area contributed by atoms with E-state index in [0.29, 0.717) is 6.10 Å². The summed E-state index contributed by atoms with van der Waals surface area (Å²) in [5.41, 5.74) is 1.45. The van der Waals surface area contributed by atoms with Gasteiger partial charge in [0, 0.05) is 43.8 Å². The van der Waals surface area contributed by atoms with Crippen LogP contribution in [0.4, 0.5) is 0 Å². The van der Waals surface area contributed by atoms with Crippen LogP contribution in [0, 0.1) is 5.41 Å². The van der Waals surface area contributed by atoms with Crippen LogP contribution < -0.4 is 0 Å². The first-order valence-electron chi connectivity index (χ1n) is 7.75. The van der Waals surface area contributed by atoms with Crippen LogP contribution in [0.5, 0.6) is 0 Å². The minimum Gasteiger partial charge on any atom is -0.472 e. The first kappa shape index (κ1) is 14.1. The van der Waals surface area contributed by atoms with Crippen LogP contribution in [0.25, 0.3) is 0 Å². The van der Waals surface area contributed by atoms with E-state index in [2.05, 4.69) is 17.9 Å². The lowest BCUT2D eigenvalue weighted by Crippen LogP contribution is -2.56. The van der Waals surface area contributed by atoms with Gasteiger partial charge in [-0.15, -0.1) is 0 Å². The highest BCUT2D eigenvalue weighted by molar-refractivity contribution is 5.06. The van der Waals surface area contributed by atoms with Gasteiger partial charge in [0.05, 0.1) is 25.2 Å². The molecule has 2 atom stereocenters. The Kier molecular flexibility index (Phi) is 4.44. The molecule has 20 heavy (non-hydrogen) atoms. The normalized spacial score (nSPS) is 31.1. The molecule has 1 aromatic heterocycles. The van der Waals surface area contributed by atoms with Gasteiger partial charge in [-0.05, 0) is 32.3 Å². The highest BCUT2D eigenvalue weighted by Crippen LogP contribution is 2.40. The maximum Gasteiger partial charge on any atom is 0.0947 e. The van der Waals surface area contributed by atoms with E-state index < -0.39 is 0 Å². The van der Waals surface area contributed by atoms with Crippen LogP contribution in [-0.2, 0) is 16.0 Å². The second-order valence-corrected chi connectivity index (χ2v) is 6.09. The van der Waals surface area contributed by atoms with Crippen molar-refractivity contribution in [1.29, 1.82) is 0 Å². The molecule has 0 aromatic carbocycles. The SMILES string of the molecule is CCOC[C@@]12CCCO[C@H]1CCN(Cc1ccoc1)C2. The number of piperidine rings is 1. The van der Waals surface area contributed by atoms with Gasteiger partial charge in [0.15, 0.2) is 0 Å². The summed E-state index contributed by atoms with van der Waals surface area (Å²) in [7, 11) is 0. The molecule has 2 aliphatic heterocycles. The van der Waals surface area contributed by atoms with Crippen LogP contribution in [0.1, 0.15) is 31.7 Å². The maximum absolute atomic E-state index is 6.04. The van der Waals surface area contributed by atoms with E-state index in [9.17, 15) is 0 Å². The lowest BCUT2D eigenvalue weighted by atomic mass is 9.73. The fraction of sp³-hybridized carbons (Fsp3) is 0.750. The van der Waals surface area contributed by atoms with Gasteiger partial charge in [0.25, 0.3) is 0 Å². The Balaban J connectivity index is 1.68. The lowest BCUT2D eigenvalue weighted by molar-refractivity contribution is -0.153. The molecule has 0 saturated carbocycles. The topological polar surface area (TPSA) is 34.8 Å². The fourth-order valence-corrected chi connectivity index (χ4v) is 3.67. The van der Waals surface area contributed by atoms with Crippen LogP contribution in [0.3, 0.4) is 0 Å². The number of hydrogen-bond donors (Lipinski definition) is 0. The Morgan fingerprint density at radius 2 is 2.45 bits per heavy atom. The van der Waals surface area contributed by atoms with Gasteiger partial charge in [-0.25, -0.2) is 0 Å². The molecule has 2 saturated heterocycles. The molecule has 0 radical (unpaired) electrons.